The number of hydrogen-bond donors (Lipinski definition) is 0. The van der Waals surface area contributed by atoms with E-state index in [9.17, 15) is 0 Å². The van der Waals surface area contributed by atoms with E-state index in [2.05, 4.69) is 99.6 Å². The summed E-state index contributed by atoms with van der Waals surface area (Å²) in [6, 6.07) is 29.5. The number of pyridine rings is 1. The highest BCUT2D eigenvalue weighted by atomic mass is 14.7. The molecule has 174 valence electrons. The molecule has 0 aliphatic heterocycles. The van der Waals surface area contributed by atoms with Gasteiger partial charge in [-0.2, -0.15) is 0 Å². The molecule has 4 aromatic carbocycles. The van der Waals surface area contributed by atoms with Gasteiger partial charge in [0.1, 0.15) is 0 Å². The van der Waals surface area contributed by atoms with Crippen molar-refractivity contribution in [3.8, 4) is 22.4 Å². The van der Waals surface area contributed by atoms with Gasteiger partial charge in [0.05, 0.1) is 11.2 Å². The summed E-state index contributed by atoms with van der Waals surface area (Å²) in [5, 5.41) is 3.83. The Bertz CT molecular complexity index is 1540. The lowest BCUT2D eigenvalue weighted by Gasteiger charge is -2.22. The minimum absolute atomic E-state index is 0.734. The minimum Gasteiger partial charge on any atom is -0.248 e. The number of aromatic nitrogens is 1. The number of fused-ring (bicyclic) bond motifs is 2. The van der Waals surface area contributed by atoms with E-state index in [1.165, 1.54) is 87.2 Å². The Morgan fingerprint density at radius 1 is 0.686 bits per heavy atom. The lowest BCUT2D eigenvalue weighted by atomic mass is 9.83. The molecule has 1 fully saturated rings. The van der Waals surface area contributed by atoms with Crippen molar-refractivity contribution in [1.29, 1.82) is 0 Å². The van der Waals surface area contributed by atoms with Crippen molar-refractivity contribution in [2.24, 2.45) is 0 Å². The Hall–Kier alpha value is -3.45. The third-order valence-corrected chi connectivity index (χ3v) is 7.90. The molecule has 0 atom stereocenters. The molecule has 5 aromatic rings. The number of rotatable bonds is 3. The van der Waals surface area contributed by atoms with Crippen LogP contribution in [0, 0.1) is 20.8 Å². The summed E-state index contributed by atoms with van der Waals surface area (Å²) in [5.74, 6) is 0.734. The Balaban J connectivity index is 1.48. The van der Waals surface area contributed by atoms with Crippen molar-refractivity contribution in [3.63, 3.8) is 0 Å². The molecular formula is C34H33N. The molecular weight excluding hydrogens is 422 g/mol. The Morgan fingerprint density at radius 2 is 1.43 bits per heavy atom. The topological polar surface area (TPSA) is 12.9 Å². The predicted octanol–water partition coefficient (Wildman–Crippen LogP) is 9.69. The maximum absolute atomic E-state index is 5.14. The van der Waals surface area contributed by atoms with Crippen molar-refractivity contribution in [3.05, 3.63) is 101 Å². The van der Waals surface area contributed by atoms with Gasteiger partial charge in [0.2, 0.25) is 0 Å². The highest BCUT2D eigenvalue weighted by molar-refractivity contribution is 6.00. The molecule has 1 aliphatic carbocycles. The summed E-state index contributed by atoms with van der Waals surface area (Å²) in [4.78, 5) is 5.14. The predicted molar refractivity (Wildman–Crippen MR) is 150 cm³/mol. The van der Waals surface area contributed by atoms with Gasteiger partial charge in [0, 0.05) is 10.9 Å². The quantitative estimate of drug-likeness (QED) is 0.264. The minimum atomic E-state index is 0.734. The first kappa shape index (κ1) is 22.0. The van der Waals surface area contributed by atoms with Crippen molar-refractivity contribution in [2.75, 3.05) is 0 Å². The fraction of sp³-hybridized carbons (Fsp3) is 0.265. The maximum atomic E-state index is 5.14. The van der Waals surface area contributed by atoms with E-state index >= 15 is 0 Å². The van der Waals surface area contributed by atoms with E-state index in [1.54, 1.807) is 0 Å². The Labute approximate surface area is 208 Å². The van der Waals surface area contributed by atoms with Crippen LogP contribution in [0.2, 0.25) is 0 Å². The van der Waals surface area contributed by atoms with Gasteiger partial charge in [0.25, 0.3) is 0 Å². The maximum Gasteiger partial charge on any atom is 0.0717 e. The molecule has 1 heteroatoms. The zero-order chi connectivity index (χ0) is 23.9. The van der Waals surface area contributed by atoms with Crippen LogP contribution in [0.25, 0.3) is 44.1 Å². The molecule has 0 unspecified atom stereocenters. The second-order valence-electron chi connectivity index (χ2n) is 10.5. The molecule has 0 saturated heterocycles. The fourth-order valence-electron chi connectivity index (χ4n) is 6.20. The van der Waals surface area contributed by atoms with Gasteiger partial charge >= 0.3 is 0 Å². The van der Waals surface area contributed by atoms with Gasteiger partial charge in [-0.25, -0.2) is 4.98 Å². The van der Waals surface area contributed by atoms with E-state index in [0.717, 1.165) is 17.1 Å². The number of aryl methyl sites for hydroxylation is 3. The number of hydrogen-bond acceptors (Lipinski definition) is 1. The Morgan fingerprint density at radius 3 is 2.23 bits per heavy atom. The van der Waals surface area contributed by atoms with Crippen molar-refractivity contribution in [1.82, 2.24) is 4.98 Å². The molecule has 0 spiro atoms. The first-order chi connectivity index (χ1) is 17.1. The van der Waals surface area contributed by atoms with Crippen LogP contribution < -0.4 is 0 Å². The van der Waals surface area contributed by atoms with Gasteiger partial charge in [0.15, 0.2) is 0 Å². The molecule has 1 heterocycles. The van der Waals surface area contributed by atoms with Crippen LogP contribution in [0.1, 0.15) is 60.3 Å². The molecule has 1 nitrogen and oxygen atoms in total. The highest BCUT2D eigenvalue weighted by Gasteiger charge is 2.16. The normalized spacial score (nSPS) is 14.6. The molecule has 0 radical (unpaired) electrons. The average Bonchev–Trinajstić information content (AvgIpc) is 2.88. The standard InChI is InChI=1S/C34H33N/c1-22-17-23(2)34-24(3)19-32(35-33(34)18-22)29-20-28-11-7-8-12-30(28)31(21-29)27-15-13-26(14-16-27)25-9-5-4-6-10-25/h7-8,11-21,25H,4-6,9-10H2,1-3H3. The number of benzene rings is 4. The van der Waals surface area contributed by atoms with E-state index in [4.69, 9.17) is 4.98 Å². The van der Waals surface area contributed by atoms with E-state index < -0.39 is 0 Å². The van der Waals surface area contributed by atoms with E-state index in [-0.39, 0.29) is 0 Å². The van der Waals surface area contributed by atoms with Gasteiger partial charge in [-0.05, 0) is 108 Å². The Kier molecular flexibility index (Phi) is 5.65. The van der Waals surface area contributed by atoms with Crippen LogP contribution in [-0.4, -0.2) is 4.98 Å². The molecule has 1 aliphatic rings. The zero-order valence-corrected chi connectivity index (χ0v) is 21.1. The van der Waals surface area contributed by atoms with Crippen LogP contribution in [0.4, 0.5) is 0 Å². The van der Waals surface area contributed by atoms with Crippen LogP contribution >= 0.6 is 0 Å². The van der Waals surface area contributed by atoms with Gasteiger partial charge in [-0.3, -0.25) is 0 Å². The second-order valence-corrected chi connectivity index (χ2v) is 10.5. The summed E-state index contributed by atoms with van der Waals surface area (Å²) >= 11 is 0. The summed E-state index contributed by atoms with van der Waals surface area (Å²) in [5.41, 5.74) is 11.2. The third-order valence-electron chi connectivity index (χ3n) is 7.90. The van der Waals surface area contributed by atoms with E-state index in [0.29, 0.717) is 0 Å². The molecule has 1 saturated carbocycles. The van der Waals surface area contributed by atoms with Crippen LogP contribution in [0.15, 0.2) is 78.9 Å². The second kappa shape index (κ2) is 8.96. The first-order valence-electron chi connectivity index (χ1n) is 13.1. The van der Waals surface area contributed by atoms with Gasteiger partial charge in [-0.15, -0.1) is 0 Å². The van der Waals surface area contributed by atoms with Crippen molar-refractivity contribution < 1.29 is 0 Å². The SMILES string of the molecule is Cc1cc(C)c2c(C)cc(-c3cc(-c4ccc(C5CCCCC5)cc4)c4ccccc4c3)nc2c1. The van der Waals surface area contributed by atoms with Gasteiger partial charge < -0.3 is 0 Å². The molecule has 0 bridgehead atoms. The van der Waals surface area contributed by atoms with Crippen LogP contribution in [0.3, 0.4) is 0 Å². The monoisotopic (exact) mass is 455 g/mol. The largest absolute Gasteiger partial charge is 0.248 e. The van der Waals surface area contributed by atoms with Crippen LogP contribution in [0.5, 0.6) is 0 Å². The highest BCUT2D eigenvalue weighted by Crippen LogP contribution is 2.37. The zero-order valence-electron chi connectivity index (χ0n) is 21.1. The molecule has 0 N–H and O–H groups in total. The molecule has 35 heavy (non-hydrogen) atoms. The number of nitrogens with zero attached hydrogens (tertiary/aromatic N) is 1. The van der Waals surface area contributed by atoms with Crippen molar-refractivity contribution >= 4 is 21.7 Å². The summed E-state index contributed by atoms with van der Waals surface area (Å²) in [7, 11) is 0. The molecule has 1 aromatic heterocycles. The fourth-order valence-corrected chi connectivity index (χ4v) is 6.20. The van der Waals surface area contributed by atoms with E-state index in [1.807, 2.05) is 0 Å². The third kappa shape index (κ3) is 4.14. The molecule has 6 rings (SSSR count). The molecule has 0 amide bonds. The van der Waals surface area contributed by atoms with Gasteiger partial charge in [-0.1, -0.05) is 73.9 Å². The smallest absolute Gasteiger partial charge is 0.0717 e. The lowest BCUT2D eigenvalue weighted by molar-refractivity contribution is 0.443. The van der Waals surface area contributed by atoms with Crippen LogP contribution in [-0.2, 0) is 0 Å². The first-order valence-corrected chi connectivity index (χ1v) is 13.1. The summed E-state index contributed by atoms with van der Waals surface area (Å²) in [6.07, 6.45) is 6.81. The average molecular weight is 456 g/mol. The summed E-state index contributed by atoms with van der Waals surface area (Å²) < 4.78 is 0. The summed E-state index contributed by atoms with van der Waals surface area (Å²) in [6.45, 7) is 6.55. The van der Waals surface area contributed by atoms with Crippen molar-refractivity contribution in [2.45, 2.75) is 58.8 Å². The lowest BCUT2D eigenvalue weighted by Crippen LogP contribution is -2.04.